The van der Waals surface area contributed by atoms with E-state index in [9.17, 15) is 22.8 Å². The van der Waals surface area contributed by atoms with Gasteiger partial charge in [-0.05, 0) is 93.0 Å². The van der Waals surface area contributed by atoms with Crippen LogP contribution in [0, 0.1) is 6.92 Å². The Kier molecular flexibility index (Phi) is 14.1. The first-order valence-corrected chi connectivity index (χ1v) is 21.5. The zero-order valence-electron chi connectivity index (χ0n) is 34.9. The van der Waals surface area contributed by atoms with Crippen LogP contribution in [-0.4, -0.2) is 67.9 Å². The zero-order valence-corrected chi connectivity index (χ0v) is 35.7. The number of esters is 1. The van der Waals surface area contributed by atoms with Crippen LogP contribution in [0.25, 0.3) is 0 Å². The molecule has 11 nitrogen and oxygen atoms in total. The molecule has 0 atom stereocenters. The Bertz CT molecular complexity index is 2340. The van der Waals surface area contributed by atoms with Crippen molar-refractivity contribution in [2.75, 3.05) is 31.6 Å². The molecule has 0 aromatic heterocycles. The molecule has 1 fully saturated rings. The predicted octanol–water partition coefficient (Wildman–Crippen LogP) is 8.90. The van der Waals surface area contributed by atoms with Crippen molar-refractivity contribution in [1.29, 1.82) is 0 Å². The maximum absolute atomic E-state index is 14.4. The van der Waals surface area contributed by atoms with Crippen LogP contribution in [-0.2, 0) is 44.1 Å². The van der Waals surface area contributed by atoms with Gasteiger partial charge < -0.3 is 24.0 Å². The number of hydrogen-bond donors (Lipinski definition) is 0. The molecule has 1 aliphatic rings. The number of piperidine rings is 1. The van der Waals surface area contributed by atoms with Crippen LogP contribution in [0.3, 0.4) is 0 Å². The third-order valence-electron chi connectivity index (χ3n) is 10.3. The molecule has 6 rings (SSSR count). The molecule has 0 bridgehead atoms. The van der Waals surface area contributed by atoms with Crippen LogP contribution < -0.4 is 9.64 Å². The summed E-state index contributed by atoms with van der Waals surface area (Å²) in [7, 11) is -2.62. The summed E-state index contributed by atoms with van der Waals surface area (Å²) >= 11 is 0. The highest BCUT2D eigenvalue weighted by molar-refractivity contribution is 7.89. The minimum Gasteiger partial charge on any atom is -0.488 e. The van der Waals surface area contributed by atoms with E-state index in [1.807, 2.05) is 113 Å². The van der Waals surface area contributed by atoms with Crippen LogP contribution >= 0.6 is 0 Å². The number of likely N-dealkylation sites (tertiary alicyclic amines) is 1. The van der Waals surface area contributed by atoms with Crippen LogP contribution in [0.1, 0.15) is 77.7 Å². The Balaban J connectivity index is 1.27. The summed E-state index contributed by atoms with van der Waals surface area (Å²) in [6.07, 6.45) is 1.28. The summed E-state index contributed by atoms with van der Waals surface area (Å²) in [5.41, 5.74) is 4.57. The second-order valence-electron chi connectivity index (χ2n) is 16.1. The van der Waals surface area contributed by atoms with Crippen molar-refractivity contribution in [3.63, 3.8) is 0 Å². The lowest BCUT2D eigenvalue weighted by molar-refractivity contribution is -0.118. The first-order valence-electron chi connectivity index (χ1n) is 20.1. The lowest BCUT2D eigenvalue weighted by atomic mass is 9.89. The highest BCUT2D eigenvalue weighted by atomic mass is 32.2. The maximum Gasteiger partial charge on any atom is 0.410 e. The lowest BCUT2D eigenvalue weighted by Crippen LogP contribution is -2.41. The zero-order chi connectivity index (χ0) is 42.9. The standard InChI is InChI=1S/C48H53N3O8S/c1-35-16-23-42(24-17-35)60(55,56)49(5)32-45(52)51(31-36-18-20-39(21-19-36)40-26-28-50(29-27-40)47(54)59-48(2,3)4)41-22-25-43(46(53)58-34-38-14-10-7-11-15-38)44(30-41)57-33-37-12-8-6-9-13-37/h6-25,30,40H,26-29,31-34H2,1-5H3. The van der Waals surface area contributed by atoms with E-state index < -0.39 is 34.0 Å². The number of ether oxygens (including phenoxy) is 3. The minimum absolute atomic E-state index is 0.0603. The molecule has 12 heteroatoms. The van der Waals surface area contributed by atoms with E-state index in [1.165, 1.54) is 24.1 Å². The highest BCUT2D eigenvalue weighted by Gasteiger charge is 2.29. The minimum atomic E-state index is -4.00. The van der Waals surface area contributed by atoms with E-state index in [-0.39, 0.29) is 48.0 Å². The number of carbonyl (C=O) groups excluding carboxylic acids is 3. The first-order chi connectivity index (χ1) is 28.7. The number of benzene rings is 5. The summed E-state index contributed by atoms with van der Waals surface area (Å²) in [6, 6.07) is 38.2. The van der Waals surface area contributed by atoms with Crippen LogP contribution in [0.15, 0.2) is 132 Å². The van der Waals surface area contributed by atoms with E-state index in [0.29, 0.717) is 18.8 Å². The molecular formula is C48H53N3O8S. The summed E-state index contributed by atoms with van der Waals surface area (Å²) in [4.78, 5) is 43.9. The first kappa shape index (κ1) is 43.6. The molecule has 5 aromatic carbocycles. The van der Waals surface area contributed by atoms with Gasteiger partial charge in [-0.3, -0.25) is 4.79 Å². The van der Waals surface area contributed by atoms with Gasteiger partial charge in [0.15, 0.2) is 0 Å². The number of carbonyl (C=O) groups is 3. The van der Waals surface area contributed by atoms with Gasteiger partial charge in [0, 0.05) is 31.9 Å². The normalized spacial score (nSPS) is 13.5. The fourth-order valence-electron chi connectivity index (χ4n) is 6.88. The Morgan fingerprint density at radius 3 is 1.95 bits per heavy atom. The molecule has 0 spiro atoms. The lowest BCUT2D eigenvalue weighted by Gasteiger charge is -2.33. The molecule has 0 saturated carbocycles. The third-order valence-corrected chi connectivity index (χ3v) is 12.1. The Hall–Kier alpha value is -5.98. The quantitative estimate of drug-likeness (QED) is 0.102. The van der Waals surface area contributed by atoms with Crippen molar-refractivity contribution in [3.8, 4) is 5.75 Å². The molecule has 0 aliphatic carbocycles. The van der Waals surface area contributed by atoms with Crippen molar-refractivity contribution in [2.45, 2.75) is 76.7 Å². The fourth-order valence-corrected chi connectivity index (χ4v) is 8.00. The molecule has 0 radical (unpaired) electrons. The van der Waals surface area contributed by atoms with Gasteiger partial charge in [0.1, 0.15) is 30.1 Å². The second kappa shape index (κ2) is 19.4. The number of likely N-dealkylation sites (N-methyl/N-ethyl adjacent to an activating group) is 1. The largest absolute Gasteiger partial charge is 0.488 e. The van der Waals surface area contributed by atoms with Crippen molar-refractivity contribution in [1.82, 2.24) is 9.21 Å². The van der Waals surface area contributed by atoms with E-state index in [4.69, 9.17) is 14.2 Å². The summed E-state index contributed by atoms with van der Waals surface area (Å²) in [5.74, 6) is -0.626. The van der Waals surface area contributed by atoms with Crippen molar-refractivity contribution in [3.05, 3.63) is 161 Å². The van der Waals surface area contributed by atoms with Gasteiger partial charge in [-0.2, -0.15) is 4.31 Å². The Morgan fingerprint density at radius 2 is 1.35 bits per heavy atom. The smallest absolute Gasteiger partial charge is 0.410 e. The molecule has 1 aliphatic heterocycles. The Morgan fingerprint density at radius 1 is 0.750 bits per heavy atom. The second-order valence-corrected chi connectivity index (χ2v) is 18.1. The number of aryl methyl sites for hydroxylation is 1. The van der Waals surface area contributed by atoms with E-state index in [1.54, 1.807) is 35.2 Å². The molecule has 0 N–H and O–H groups in total. The number of rotatable bonds is 14. The molecule has 1 heterocycles. The number of nitrogens with zero attached hydrogens (tertiary/aromatic N) is 3. The average molecular weight is 832 g/mol. The van der Waals surface area contributed by atoms with Crippen molar-refractivity contribution in [2.24, 2.45) is 0 Å². The van der Waals surface area contributed by atoms with Crippen molar-refractivity contribution >= 4 is 33.7 Å². The van der Waals surface area contributed by atoms with Gasteiger partial charge in [-0.25, -0.2) is 18.0 Å². The van der Waals surface area contributed by atoms with Crippen LogP contribution in [0.4, 0.5) is 10.5 Å². The summed E-state index contributed by atoms with van der Waals surface area (Å²) in [5, 5.41) is 0. The average Bonchev–Trinajstić information content (AvgIpc) is 3.24. The van der Waals surface area contributed by atoms with Crippen LogP contribution in [0.5, 0.6) is 5.75 Å². The maximum atomic E-state index is 14.4. The predicted molar refractivity (Wildman–Crippen MR) is 231 cm³/mol. The van der Waals surface area contributed by atoms with Gasteiger partial charge in [0.05, 0.1) is 18.0 Å². The SMILES string of the molecule is Cc1ccc(S(=O)(=O)N(C)CC(=O)N(Cc2ccc(C3CCN(C(=O)OC(C)(C)C)CC3)cc2)c2ccc(C(=O)OCc3ccccc3)c(OCc3ccccc3)c2)cc1. The number of hydrogen-bond acceptors (Lipinski definition) is 8. The molecule has 314 valence electrons. The Labute approximate surface area is 353 Å². The number of amides is 2. The topological polar surface area (TPSA) is 123 Å². The fraction of sp³-hybridized carbons (Fsp3) is 0.312. The highest BCUT2D eigenvalue weighted by Crippen LogP contribution is 2.32. The van der Waals surface area contributed by atoms with E-state index >= 15 is 0 Å². The third kappa shape index (κ3) is 11.6. The summed E-state index contributed by atoms with van der Waals surface area (Å²) in [6.45, 7) is 8.48. The van der Waals surface area contributed by atoms with Crippen molar-refractivity contribution < 1.29 is 37.0 Å². The molecule has 0 unspecified atom stereocenters. The van der Waals surface area contributed by atoms with E-state index in [2.05, 4.69) is 0 Å². The molecule has 60 heavy (non-hydrogen) atoms. The van der Waals surface area contributed by atoms with Gasteiger partial charge in [-0.15, -0.1) is 0 Å². The molecule has 1 saturated heterocycles. The number of anilines is 1. The van der Waals surface area contributed by atoms with Gasteiger partial charge >= 0.3 is 12.1 Å². The van der Waals surface area contributed by atoms with E-state index in [0.717, 1.165) is 45.0 Å². The molecular weight excluding hydrogens is 779 g/mol. The van der Waals surface area contributed by atoms with Gasteiger partial charge in [0.25, 0.3) is 0 Å². The van der Waals surface area contributed by atoms with Gasteiger partial charge in [-0.1, -0.05) is 103 Å². The molecule has 2 amide bonds. The monoisotopic (exact) mass is 831 g/mol. The van der Waals surface area contributed by atoms with Gasteiger partial charge in [0.2, 0.25) is 15.9 Å². The summed E-state index contributed by atoms with van der Waals surface area (Å²) < 4.78 is 45.8. The molecule has 5 aromatic rings. The number of sulfonamides is 1. The van der Waals surface area contributed by atoms with Crippen LogP contribution in [0.2, 0.25) is 0 Å².